The Morgan fingerprint density at radius 1 is 1.43 bits per heavy atom. The molecule has 0 heterocycles. The van der Waals surface area contributed by atoms with Crippen LogP contribution in [0.1, 0.15) is 29.7 Å². The average Bonchev–Trinajstić information content (AvgIpc) is 2.42. The molecule has 1 aromatic carbocycles. The molecule has 0 fully saturated rings. The minimum Gasteiger partial charge on any atom is -0.388 e. The third-order valence-corrected chi connectivity index (χ3v) is 2.73. The lowest BCUT2D eigenvalue weighted by molar-refractivity contribution is -0.140. The largest absolute Gasteiger partial charge is 0.416 e. The number of alkyl halides is 3. The van der Waals surface area contributed by atoms with Crippen LogP contribution >= 0.6 is 0 Å². The van der Waals surface area contributed by atoms with Crippen LogP contribution in [0.3, 0.4) is 0 Å². The van der Waals surface area contributed by atoms with Gasteiger partial charge in [0.2, 0.25) is 5.91 Å². The number of rotatable bonds is 4. The first-order chi connectivity index (χ1) is 9.66. The van der Waals surface area contributed by atoms with Gasteiger partial charge in [-0.3, -0.25) is 4.79 Å². The smallest absolute Gasteiger partial charge is 0.388 e. The van der Waals surface area contributed by atoms with Gasteiger partial charge in [0.15, 0.2) is 0 Å². The van der Waals surface area contributed by atoms with Gasteiger partial charge in [-0.15, -0.1) is 0 Å². The highest BCUT2D eigenvalue weighted by Gasteiger charge is 2.36. The summed E-state index contributed by atoms with van der Waals surface area (Å²) in [7, 11) is 0. The van der Waals surface area contributed by atoms with Gasteiger partial charge in [-0.05, 0) is 17.7 Å². The quantitative estimate of drug-likeness (QED) is 0.776. The van der Waals surface area contributed by atoms with Gasteiger partial charge in [0.05, 0.1) is 17.2 Å². The molecule has 3 N–H and O–H groups in total. The molecule has 1 aromatic rings. The second kappa shape index (κ2) is 6.56. The highest BCUT2D eigenvalue weighted by atomic mass is 19.4. The maximum atomic E-state index is 12.9. The second-order valence-electron chi connectivity index (χ2n) is 4.36. The maximum absolute atomic E-state index is 12.9. The summed E-state index contributed by atoms with van der Waals surface area (Å²) >= 11 is 0. The fourth-order valence-electron chi connectivity index (χ4n) is 1.70. The molecule has 8 heteroatoms. The predicted molar refractivity (Wildman–Crippen MR) is 65.8 cm³/mol. The molecule has 0 spiro atoms. The number of hydrogen-bond donors (Lipinski definition) is 3. The summed E-state index contributed by atoms with van der Waals surface area (Å²) in [6.07, 6.45) is -8.24. The number of aliphatic hydroxyl groups excluding tert-OH is 2. The summed E-state index contributed by atoms with van der Waals surface area (Å²) < 4.78 is 38.8. The number of carbonyl (C=O) groups is 1. The summed E-state index contributed by atoms with van der Waals surface area (Å²) in [6, 6.07) is 4.22. The minimum atomic E-state index is -4.78. The topological polar surface area (TPSA) is 93.3 Å². The van der Waals surface area contributed by atoms with E-state index in [0.717, 1.165) is 12.1 Å². The Bertz CT molecular complexity index is 567. The zero-order chi connectivity index (χ0) is 16.2. The van der Waals surface area contributed by atoms with Crippen LogP contribution in [0.2, 0.25) is 0 Å². The fraction of sp³-hybridized carbons (Fsp3) is 0.385. The number of carbonyl (C=O) groups excluding carboxylic acids is 1. The Labute approximate surface area is 118 Å². The zero-order valence-electron chi connectivity index (χ0n) is 11.0. The molecular formula is C13H13F3N2O3. The van der Waals surface area contributed by atoms with Crippen molar-refractivity contribution in [2.45, 2.75) is 25.3 Å². The highest BCUT2D eigenvalue weighted by Crippen LogP contribution is 2.36. The molecule has 2 unspecified atom stereocenters. The van der Waals surface area contributed by atoms with Crippen molar-refractivity contribution in [1.82, 2.24) is 5.32 Å². The standard InChI is InChI=1S/C13H13F3N2O3/c1-7(19)18-6-11(20)12(21)9-3-2-8(5-17)4-10(9)13(14,15)16/h2-4,11-12,20-21H,6H2,1H3,(H,18,19). The maximum Gasteiger partial charge on any atom is 0.416 e. The zero-order valence-corrected chi connectivity index (χ0v) is 11.0. The number of amides is 1. The summed E-state index contributed by atoms with van der Waals surface area (Å²) in [6.45, 7) is 0.774. The molecule has 0 aliphatic rings. The minimum absolute atomic E-state index is 0.213. The van der Waals surface area contributed by atoms with Crippen LogP contribution in [0.5, 0.6) is 0 Å². The van der Waals surface area contributed by atoms with Gasteiger partial charge in [0, 0.05) is 13.5 Å². The molecule has 1 rings (SSSR count). The van der Waals surface area contributed by atoms with Crippen LogP contribution in [0.15, 0.2) is 18.2 Å². The van der Waals surface area contributed by atoms with Crippen molar-refractivity contribution in [3.05, 3.63) is 34.9 Å². The van der Waals surface area contributed by atoms with Crippen molar-refractivity contribution in [3.8, 4) is 6.07 Å². The van der Waals surface area contributed by atoms with Gasteiger partial charge in [-0.25, -0.2) is 0 Å². The molecular weight excluding hydrogens is 289 g/mol. The van der Waals surface area contributed by atoms with Gasteiger partial charge in [0.25, 0.3) is 0 Å². The van der Waals surface area contributed by atoms with Gasteiger partial charge >= 0.3 is 6.18 Å². The summed E-state index contributed by atoms with van der Waals surface area (Å²) in [5.74, 6) is -0.489. The lowest BCUT2D eigenvalue weighted by Crippen LogP contribution is -2.34. The van der Waals surface area contributed by atoms with Crippen LogP contribution in [-0.4, -0.2) is 28.8 Å². The number of aliphatic hydroxyl groups is 2. The first-order valence-corrected chi connectivity index (χ1v) is 5.88. The highest BCUT2D eigenvalue weighted by molar-refractivity contribution is 5.72. The number of halogens is 3. The predicted octanol–water partition coefficient (Wildman–Crippen LogP) is 1.11. The Kier molecular flexibility index (Phi) is 5.29. The van der Waals surface area contributed by atoms with Crippen molar-refractivity contribution in [1.29, 1.82) is 5.26 Å². The van der Waals surface area contributed by atoms with E-state index in [1.54, 1.807) is 6.07 Å². The Balaban J connectivity index is 3.11. The van der Waals surface area contributed by atoms with E-state index in [-0.39, 0.29) is 5.56 Å². The lowest BCUT2D eigenvalue weighted by atomic mass is 9.96. The molecule has 2 atom stereocenters. The molecule has 0 aliphatic heterocycles. The van der Waals surface area contributed by atoms with E-state index in [0.29, 0.717) is 6.07 Å². The van der Waals surface area contributed by atoms with E-state index in [1.165, 1.54) is 6.92 Å². The van der Waals surface area contributed by atoms with Gasteiger partial charge in [-0.2, -0.15) is 18.4 Å². The third-order valence-electron chi connectivity index (χ3n) is 2.73. The molecule has 21 heavy (non-hydrogen) atoms. The molecule has 114 valence electrons. The average molecular weight is 302 g/mol. The van der Waals surface area contributed by atoms with E-state index in [9.17, 15) is 28.2 Å². The third kappa shape index (κ3) is 4.44. The van der Waals surface area contributed by atoms with E-state index >= 15 is 0 Å². The molecule has 0 saturated carbocycles. The van der Waals surface area contributed by atoms with Crippen LogP contribution in [0.25, 0.3) is 0 Å². The number of nitrogens with one attached hydrogen (secondary N) is 1. The molecule has 0 saturated heterocycles. The van der Waals surface area contributed by atoms with Crippen molar-refractivity contribution in [3.63, 3.8) is 0 Å². The van der Waals surface area contributed by atoms with Crippen molar-refractivity contribution in [2.75, 3.05) is 6.54 Å². The van der Waals surface area contributed by atoms with Crippen LogP contribution in [-0.2, 0) is 11.0 Å². The molecule has 0 aromatic heterocycles. The fourth-order valence-corrected chi connectivity index (χ4v) is 1.70. The van der Waals surface area contributed by atoms with E-state index < -0.39 is 42.0 Å². The Morgan fingerprint density at radius 2 is 2.05 bits per heavy atom. The first kappa shape index (κ1) is 16.9. The monoisotopic (exact) mass is 302 g/mol. The Morgan fingerprint density at radius 3 is 2.52 bits per heavy atom. The molecule has 5 nitrogen and oxygen atoms in total. The van der Waals surface area contributed by atoms with Crippen LogP contribution in [0.4, 0.5) is 13.2 Å². The first-order valence-electron chi connectivity index (χ1n) is 5.88. The van der Waals surface area contributed by atoms with Crippen LogP contribution < -0.4 is 5.32 Å². The van der Waals surface area contributed by atoms with Gasteiger partial charge < -0.3 is 15.5 Å². The van der Waals surface area contributed by atoms with Gasteiger partial charge in [0.1, 0.15) is 12.2 Å². The molecule has 0 radical (unpaired) electrons. The summed E-state index contributed by atoms with van der Waals surface area (Å²) in [4.78, 5) is 10.7. The number of nitriles is 1. The SMILES string of the molecule is CC(=O)NCC(O)C(O)c1ccc(C#N)cc1C(F)(F)F. The van der Waals surface area contributed by atoms with E-state index in [1.807, 2.05) is 0 Å². The second-order valence-corrected chi connectivity index (χ2v) is 4.36. The van der Waals surface area contributed by atoms with E-state index in [2.05, 4.69) is 5.32 Å². The Hall–Kier alpha value is -2.11. The van der Waals surface area contributed by atoms with Crippen molar-refractivity contribution < 1.29 is 28.2 Å². The van der Waals surface area contributed by atoms with Crippen molar-refractivity contribution >= 4 is 5.91 Å². The molecule has 1 amide bonds. The molecule has 0 bridgehead atoms. The van der Waals surface area contributed by atoms with E-state index in [4.69, 9.17) is 5.26 Å². The molecule has 0 aliphatic carbocycles. The number of hydrogen-bond acceptors (Lipinski definition) is 4. The normalized spacial score (nSPS) is 14.1. The summed E-state index contributed by atoms with van der Waals surface area (Å²) in [5.41, 5.74) is -1.97. The number of benzene rings is 1. The van der Waals surface area contributed by atoms with Crippen LogP contribution in [0, 0.1) is 11.3 Å². The van der Waals surface area contributed by atoms with Gasteiger partial charge in [-0.1, -0.05) is 6.07 Å². The number of nitrogens with zero attached hydrogens (tertiary/aromatic N) is 1. The summed E-state index contributed by atoms with van der Waals surface area (Å²) in [5, 5.41) is 30.3. The lowest BCUT2D eigenvalue weighted by Gasteiger charge is -2.22. The van der Waals surface area contributed by atoms with Crippen molar-refractivity contribution in [2.24, 2.45) is 0 Å².